The van der Waals surface area contributed by atoms with E-state index in [1.54, 1.807) is 0 Å². The lowest BCUT2D eigenvalue weighted by Gasteiger charge is -2.17. The van der Waals surface area contributed by atoms with Gasteiger partial charge in [-0.3, -0.25) is 0 Å². The Morgan fingerprint density at radius 2 is 0.716 bits per heavy atom. The standard InChI is InChI=1S/C17H24O.C17H24S.C15H20O.C14H18O/c2*1-9-10(2)12(4)15-14(11(9)3)13(5)16(18-15)17(6,7)8;1-9-7-8-10(2)13-12(9)11(3)14(16-13)15(4,5)6;1-9-7-6-8-11-10(2)13(14(3,4)5)15-12(9)11/h2*1-8H3;7-8H,1-6H3;6-8H,1-5H3. The molecule has 0 aliphatic heterocycles. The van der Waals surface area contributed by atoms with Gasteiger partial charge in [0, 0.05) is 42.0 Å². The molecule has 0 N–H and O–H groups in total. The smallest absolute Gasteiger partial charge is 0.138 e. The van der Waals surface area contributed by atoms with E-state index in [1.807, 2.05) is 11.3 Å². The maximum atomic E-state index is 6.21. The highest BCUT2D eigenvalue weighted by atomic mass is 32.1. The highest BCUT2D eigenvalue weighted by Crippen LogP contribution is 2.44. The zero-order chi connectivity index (χ0) is 51.0. The molecule has 0 amide bonds. The van der Waals surface area contributed by atoms with Gasteiger partial charge in [-0.25, -0.2) is 0 Å². The summed E-state index contributed by atoms with van der Waals surface area (Å²) >= 11 is 1.99. The number of rotatable bonds is 0. The van der Waals surface area contributed by atoms with Crippen molar-refractivity contribution in [2.75, 3.05) is 0 Å². The fourth-order valence-electron chi connectivity index (χ4n) is 10.2. The molecular weight excluding hydrogens is 837 g/mol. The van der Waals surface area contributed by atoms with Crippen molar-refractivity contribution in [3.63, 3.8) is 0 Å². The average molecular weight is 923 g/mol. The maximum Gasteiger partial charge on any atom is 0.138 e. The first-order valence-corrected chi connectivity index (χ1v) is 25.4. The van der Waals surface area contributed by atoms with Crippen LogP contribution in [0.2, 0.25) is 0 Å². The summed E-state index contributed by atoms with van der Waals surface area (Å²) in [6, 6.07) is 10.6. The topological polar surface area (TPSA) is 39.4 Å². The maximum absolute atomic E-state index is 6.21. The van der Waals surface area contributed by atoms with Crippen molar-refractivity contribution in [2.24, 2.45) is 0 Å². The van der Waals surface area contributed by atoms with E-state index in [0.29, 0.717) is 0 Å². The van der Waals surface area contributed by atoms with Crippen LogP contribution in [0.3, 0.4) is 0 Å². The van der Waals surface area contributed by atoms with Crippen molar-refractivity contribution in [3.8, 4) is 0 Å². The van der Waals surface area contributed by atoms with Crippen LogP contribution >= 0.6 is 11.3 Å². The lowest BCUT2D eigenvalue weighted by Crippen LogP contribution is -2.11. The second kappa shape index (κ2) is 18.8. The first-order chi connectivity index (χ1) is 30.5. The molecule has 4 aromatic carbocycles. The van der Waals surface area contributed by atoms with Gasteiger partial charge in [0.2, 0.25) is 0 Å². The van der Waals surface area contributed by atoms with E-state index in [0.717, 1.165) is 34.0 Å². The Labute approximate surface area is 410 Å². The van der Waals surface area contributed by atoms with E-state index in [-0.39, 0.29) is 21.7 Å². The largest absolute Gasteiger partial charge is 0.460 e. The normalized spacial score (nSPS) is 12.4. The van der Waals surface area contributed by atoms with Crippen LogP contribution in [0.4, 0.5) is 0 Å². The number of hydrogen-bond donors (Lipinski definition) is 0. The Hall–Kier alpha value is -4.54. The molecule has 0 fully saturated rings. The van der Waals surface area contributed by atoms with E-state index in [4.69, 9.17) is 13.3 Å². The molecule has 67 heavy (non-hydrogen) atoms. The van der Waals surface area contributed by atoms with Gasteiger partial charge in [0.25, 0.3) is 0 Å². The number of benzene rings is 4. The Bertz CT molecular complexity index is 3020. The van der Waals surface area contributed by atoms with Crippen LogP contribution in [0.25, 0.3) is 43.0 Å². The molecule has 0 saturated heterocycles. The van der Waals surface area contributed by atoms with Gasteiger partial charge < -0.3 is 13.3 Å². The number of fused-ring (bicyclic) bond motifs is 4. The van der Waals surface area contributed by atoms with Gasteiger partial charge in [-0.05, 0) is 198 Å². The molecule has 4 heteroatoms. The van der Waals surface area contributed by atoms with Crippen molar-refractivity contribution < 1.29 is 13.3 Å². The van der Waals surface area contributed by atoms with Crippen molar-refractivity contribution in [1.29, 1.82) is 0 Å². The van der Waals surface area contributed by atoms with Gasteiger partial charge in [-0.1, -0.05) is 113 Å². The van der Waals surface area contributed by atoms with Crippen LogP contribution in [-0.2, 0) is 21.7 Å². The summed E-state index contributed by atoms with van der Waals surface area (Å²) in [5.74, 6) is 3.33. The van der Waals surface area contributed by atoms with E-state index in [9.17, 15) is 0 Å². The molecule has 362 valence electrons. The predicted octanol–water partition coefficient (Wildman–Crippen LogP) is 20.0. The number of furan rings is 3. The first-order valence-electron chi connectivity index (χ1n) is 24.5. The third kappa shape index (κ3) is 10.1. The van der Waals surface area contributed by atoms with Crippen molar-refractivity contribution >= 4 is 54.3 Å². The Balaban J connectivity index is 0.000000168. The Morgan fingerprint density at radius 1 is 0.313 bits per heavy atom. The lowest BCUT2D eigenvalue weighted by molar-refractivity contribution is 0.426. The molecule has 8 aromatic rings. The Kier molecular flexibility index (Phi) is 14.9. The van der Waals surface area contributed by atoms with Gasteiger partial charge in [0.15, 0.2) is 0 Å². The molecule has 0 saturated carbocycles. The summed E-state index contributed by atoms with van der Waals surface area (Å²) in [6.07, 6.45) is 0. The van der Waals surface area contributed by atoms with Gasteiger partial charge >= 0.3 is 0 Å². The molecule has 0 aliphatic rings. The monoisotopic (exact) mass is 923 g/mol. The van der Waals surface area contributed by atoms with Gasteiger partial charge in [-0.15, -0.1) is 11.3 Å². The first kappa shape index (κ1) is 53.4. The second-order valence-corrected chi connectivity index (χ2v) is 25.0. The zero-order valence-electron chi connectivity index (χ0n) is 47.0. The van der Waals surface area contributed by atoms with Crippen LogP contribution in [-0.4, -0.2) is 0 Å². The summed E-state index contributed by atoms with van der Waals surface area (Å²) in [4.78, 5) is 1.54. The van der Waals surface area contributed by atoms with Crippen LogP contribution in [0.5, 0.6) is 0 Å². The highest BCUT2D eigenvalue weighted by Gasteiger charge is 2.28. The van der Waals surface area contributed by atoms with Crippen molar-refractivity contribution in [3.05, 3.63) is 136 Å². The number of aryl methyl sites for hydroxylation is 11. The number of hydrogen-bond acceptors (Lipinski definition) is 4. The molecule has 0 aliphatic carbocycles. The van der Waals surface area contributed by atoms with Crippen LogP contribution in [0.15, 0.2) is 43.6 Å². The predicted molar refractivity (Wildman–Crippen MR) is 296 cm³/mol. The van der Waals surface area contributed by atoms with E-state index in [2.05, 4.69) is 217 Å². The SMILES string of the molecule is Cc1c(C(C)(C)C)oc2c(C)cccc12.Cc1c(C)c(C)c2c(C)c(C(C)(C)C)oc2c1C.Cc1c(C)c(C)c2c(C)c(C(C)(C)C)sc2c1C.Cc1ccc(C)c2c(C)c(C(C)(C)C)oc12. The van der Waals surface area contributed by atoms with Crippen molar-refractivity contribution in [2.45, 2.75) is 209 Å². The molecule has 4 aromatic heterocycles. The van der Waals surface area contributed by atoms with E-state index < -0.39 is 0 Å². The van der Waals surface area contributed by atoms with Crippen LogP contribution in [0, 0.1) is 104 Å². The molecule has 0 unspecified atom stereocenters. The zero-order valence-corrected chi connectivity index (χ0v) is 47.8. The third-order valence-corrected chi connectivity index (χ3v) is 16.3. The number of thiophene rings is 1. The van der Waals surface area contributed by atoms with Crippen LogP contribution in [0.1, 0.15) is 189 Å². The Morgan fingerprint density at radius 3 is 1.19 bits per heavy atom. The van der Waals surface area contributed by atoms with E-state index >= 15 is 0 Å². The number of para-hydroxylation sites is 1. The fourth-order valence-corrected chi connectivity index (χ4v) is 11.7. The molecule has 8 rings (SSSR count). The fraction of sp³-hybridized carbons (Fsp3) is 0.492. The summed E-state index contributed by atoms with van der Waals surface area (Å²) in [5.41, 5.74) is 24.0. The molecule has 0 radical (unpaired) electrons. The third-order valence-electron chi connectivity index (χ3n) is 14.5. The molecule has 0 atom stereocenters. The summed E-state index contributed by atoms with van der Waals surface area (Å²) in [6.45, 7) is 59.7. The molecular formula is C63H86O3S. The van der Waals surface area contributed by atoms with Crippen LogP contribution < -0.4 is 0 Å². The van der Waals surface area contributed by atoms with Crippen molar-refractivity contribution in [1.82, 2.24) is 0 Å². The highest BCUT2D eigenvalue weighted by molar-refractivity contribution is 7.19. The molecule has 3 nitrogen and oxygen atoms in total. The summed E-state index contributed by atoms with van der Waals surface area (Å²) < 4.78 is 19.8. The van der Waals surface area contributed by atoms with Gasteiger partial charge in [0.1, 0.15) is 34.0 Å². The molecule has 0 spiro atoms. The van der Waals surface area contributed by atoms with Gasteiger partial charge in [-0.2, -0.15) is 0 Å². The van der Waals surface area contributed by atoms with E-state index in [1.165, 1.54) is 115 Å². The summed E-state index contributed by atoms with van der Waals surface area (Å²) in [5, 5.41) is 5.37. The molecule has 4 heterocycles. The second-order valence-electron chi connectivity index (χ2n) is 24.0. The quantitative estimate of drug-likeness (QED) is 0.152. The molecule has 0 bridgehead atoms. The average Bonchev–Trinajstić information content (AvgIpc) is 3.97. The lowest BCUT2D eigenvalue weighted by atomic mass is 9.88. The van der Waals surface area contributed by atoms with Gasteiger partial charge in [0.05, 0.1) is 0 Å². The minimum Gasteiger partial charge on any atom is -0.460 e. The minimum absolute atomic E-state index is 0.0593. The minimum atomic E-state index is 0.0593. The summed E-state index contributed by atoms with van der Waals surface area (Å²) in [7, 11) is 0.